The van der Waals surface area contributed by atoms with Crippen LogP contribution < -0.4 is 0 Å². The Labute approximate surface area is 91.5 Å². The van der Waals surface area contributed by atoms with Gasteiger partial charge < -0.3 is 4.74 Å². The fourth-order valence-corrected chi connectivity index (χ4v) is 1.49. The molecule has 0 bridgehead atoms. The molecule has 1 nitrogen and oxygen atoms in total. The van der Waals surface area contributed by atoms with Crippen molar-refractivity contribution in [3.63, 3.8) is 0 Å². The molecular formula is C10H12FIO. The molecule has 3 heteroatoms. The smallest absolute Gasteiger partial charge is 0.138 e. The topological polar surface area (TPSA) is 9.23 Å². The van der Waals surface area contributed by atoms with Crippen molar-refractivity contribution in [3.8, 4) is 0 Å². The Balaban J connectivity index is 2.70. The number of rotatable bonds is 2. The van der Waals surface area contributed by atoms with Crippen LogP contribution in [-0.4, -0.2) is 4.61 Å². The zero-order chi connectivity index (χ0) is 9.68. The Kier molecular flexibility index (Phi) is 4.48. The van der Waals surface area contributed by atoms with Crippen LogP contribution in [0.1, 0.15) is 19.8 Å². The highest BCUT2D eigenvalue weighted by Gasteiger charge is 2.04. The molecule has 0 fully saturated rings. The highest BCUT2D eigenvalue weighted by atomic mass is 127. The highest BCUT2D eigenvalue weighted by Crippen LogP contribution is 2.20. The maximum atomic E-state index is 13.1. The number of hydrogen-bond acceptors (Lipinski definition) is 1. The van der Waals surface area contributed by atoms with Crippen LogP contribution in [0.4, 0.5) is 4.39 Å². The van der Waals surface area contributed by atoms with Gasteiger partial charge in [0.15, 0.2) is 0 Å². The predicted molar refractivity (Wildman–Crippen MR) is 60.2 cm³/mol. The third-order valence-corrected chi connectivity index (χ3v) is 2.23. The van der Waals surface area contributed by atoms with Gasteiger partial charge >= 0.3 is 0 Å². The monoisotopic (exact) mass is 294 g/mol. The molecule has 0 aliphatic heterocycles. The molecule has 1 aliphatic rings. The molecule has 72 valence electrons. The molecule has 0 saturated heterocycles. The molecule has 0 aromatic heterocycles. The van der Waals surface area contributed by atoms with Gasteiger partial charge in [-0.15, -0.1) is 0 Å². The summed E-state index contributed by atoms with van der Waals surface area (Å²) >= 11 is 2.15. The first-order chi connectivity index (χ1) is 6.24. The van der Waals surface area contributed by atoms with Crippen LogP contribution in [0.3, 0.4) is 0 Å². The second-order valence-electron chi connectivity index (χ2n) is 2.87. The lowest BCUT2D eigenvalue weighted by Gasteiger charge is -2.09. The fraction of sp³-hybridized carbons (Fsp3) is 0.400. The van der Waals surface area contributed by atoms with Crippen molar-refractivity contribution in [1.82, 2.24) is 0 Å². The second-order valence-corrected chi connectivity index (χ2v) is 3.50. The summed E-state index contributed by atoms with van der Waals surface area (Å²) in [4.78, 5) is 0. The van der Waals surface area contributed by atoms with E-state index in [4.69, 9.17) is 4.74 Å². The fourth-order valence-electron chi connectivity index (χ4n) is 1.09. The van der Waals surface area contributed by atoms with Gasteiger partial charge in [0.05, 0.1) is 5.76 Å². The first kappa shape index (κ1) is 10.8. The Morgan fingerprint density at radius 2 is 2.31 bits per heavy atom. The summed E-state index contributed by atoms with van der Waals surface area (Å²) in [7, 11) is 0. The van der Waals surface area contributed by atoms with Gasteiger partial charge in [0, 0.05) is 6.42 Å². The molecule has 0 saturated carbocycles. The molecule has 0 N–H and O–H groups in total. The summed E-state index contributed by atoms with van der Waals surface area (Å²) in [6.45, 7) is 1.81. The van der Waals surface area contributed by atoms with E-state index in [-0.39, 0.29) is 5.83 Å². The van der Waals surface area contributed by atoms with Gasteiger partial charge in [-0.3, -0.25) is 0 Å². The van der Waals surface area contributed by atoms with Crippen molar-refractivity contribution in [2.75, 3.05) is 4.61 Å². The molecule has 0 heterocycles. The number of alkyl halides is 1. The molecule has 0 unspecified atom stereocenters. The SMILES string of the molecule is C/C1=C(F)/C=C\C=C(\OCI)CC1. The van der Waals surface area contributed by atoms with Gasteiger partial charge in [-0.2, -0.15) is 0 Å². The van der Waals surface area contributed by atoms with Crippen molar-refractivity contribution in [3.05, 3.63) is 35.4 Å². The lowest BCUT2D eigenvalue weighted by atomic mass is 10.1. The van der Waals surface area contributed by atoms with Crippen LogP contribution in [0.15, 0.2) is 35.4 Å². The van der Waals surface area contributed by atoms with Gasteiger partial charge in [0.1, 0.15) is 10.4 Å². The van der Waals surface area contributed by atoms with Crippen LogP contribution in [0.5, 0.6) is 0 Å². The number of halogens is 2. The standard InChI is InChI=1S/C10H12FIO/c1-8-5-6-9(13-7-12)3-2-4-10(8)11/h2-4H,5-7H2,1H3/b4-2-,9-3+,10-8+. The molecule has 0 atom stereocenters. The Bertz CT molecular complexity index is 266. The van der Waals surface area contributed by atoms with Crippen molar-refractivity contribution in [2.24, 2.45) is 0 Å². The second kappa shape index (κ2) is 5.42. The number of hydrogen-bond donors (Lipinski definition) is 0. The molecular weight excluding hydrogens is 282 g/mol. The van der Waals surface area contributed by atoms with Gasteiger partial charge in [-0.1, -0.05) is 6.08 Å². The van der Waals surface area contributed by atoms with Crippen molar-refractivity contribution in [1.29, 1.82) is 0 Å². The van der Waals surface area contributed by atoms with Crippen molar-refractivity contribution < 1.29 is 9.13 Å². The van der Waals surface area contributed by atoms with Crippen LogP contribution in [0, 0.1) is 0 Å². The van der Waals surface area contributed by atoms with Crippen LogP contribution in [0.2, 0.25) is 0 Å². The van der Waals surface area contributed by atoms with Gasteiger partial charge in [-0.25, -0.2) is 4.39 Å². The quantitative estimate of drug-likeness (QED) is 0.555. The summed E-state index contributed by atoms with van der Waals surface area (Å²) < 4.78 is 19.0. The third-order valence-electron chi connectivity index (χ3n) is 1.92. The van der Waals surface area contributed by atoms with E-state index in [0.717, 1.165) is 24.2 Å². The zero-order valence-electron chi connectivity index (χ0n) is 7.52. The minimum absolute atomic E-state index is 0.121. The summed E-state index contributed by atoms with van der Waals surface area (Å²) in [6, 6.07) is 0. The summed E-state index contributed by atoms with van der Waals surface area (Å²) in [5.74, 6) is 0.808. The molecule has 1 aliphatic carbocycles. The molecule has 0 radical (unpaired) electrons. The molecule has 0 aromatic rings. The largest absolute Gasteiger partial charge is 0.488 e. The summed E-state index contributed by atoms with van der Waals surface area (Å²) in [5.41, 5.74) is 0.791. The first-order valence-electron chi connectivity index (χ1n) is 4.15. The number of allylic oxidation sites excluding steroid dienone is 6. The van der Waals surface area contributed by atoms with Gasteiger partial charge in [0.25, 0.3) is 0 Å². The highest BCUT2D eigenvalue weighted by molar-refractivity contribution is 14.1. The minimum atomic E-state index is -0.121. The average Bonchev–Trinajstić information content (AvgIpc) is 2.11. The van der Waals surface area contributed by atoms with Crippen molar-refractivity contribution >= 4 is 22.6 Å². The summed E-state index contributed by atoms with van der Waals surface area (Å²) in [6.07, 6.45) is 6.51. The number of ether oxygens (including phenoxy) is 1. The van der Waals surface area contributed by atoms with E-state index >= 15 is 0 Å². The normalized spacial score (nSPS) is 29.9. The van der Waals surface area contributed by atoms with E-state index in [1.165, 1.54) is 6.08 Å². The maximum Gasteiger partial charge on any atom is 0.138 e. The average molecular weight is 294 g/mol. The molecule has 1 rings (SSSR count). The Morgan fingerprint density at radius 1 is 1.54 bits per heavy atom. The minimum Gasteiger partial charge on any atom is -0.488 e. The predicted octanol–water partition coefficient (Wildman–Crippen LogP) is 3.87. The van der Waals surface area contributed by atoms with E-state index in [0.29, 0.717) is 4.61 Å². The maximum absolute atomic E-state index is 13.1. The van der Waals surface area contributed by atoms with Gasteiger partial charge in [-0.05, 0) is 53.7 Å². The third kappa shape index (κ3) is 3.50. The molecule has 0 spiro atoms. The van der Waals surface area contributed by atoms with Gasteiger partial charge in [0.2, 0.25) is 0 Å². The Hall–Kier alpha value is -0.320. The molecule has 0 aromatic carbocycles. The van der Waals surface area contributed by atoms with E-state index in [9.17, 15) is 4.39 Å². The Morgan fingerprint density at radius 3 is 3.00 bits per heavy atom. The van der Waals surface area contributed by atoms with Crippen LogP contribution in [-0.2, 0) is 4.74 Å². The van der Waals surface area contributed by atoms with E-state index in [1.807, 2.05) is 13.0 Å². The summed E-state index contributed by atoms with van der Waals surface area (Å²) in [5, 5.41) is 0. The zero-order valence-corrected chi connectivity index (χ0v) is 9.68. The van der Waals surface area contributed by atoms with E-state index in [1.54, 1.807) is 6.08 Å². The van der Waals surface area contributed by atoms with E-state index in [2.05, 4.69) is 22.6 Å². The lowest BCUT2D eigenvalue weighted by molar-refractivity contribution is 0.268. The molecule has 13 heavy (non-hydrogen) atoms. The van der Waals surface area contributed by atoms with Crippen LogP contribution >= 0.6 is 22.6 Å². The first-order valence-corrected chi connectivity index (χ1v) is 5.68. The van der Waals surface area contributed by atoms with Crippen LogP contribution in [0.25, 0.3) is 0 Å². The van der Waals surface area contributed by atoms with Crippen molar-refractivity contribution in [2.45, 2.75) is 19.8 Å². The lowest BCUT2D eigenvalue weighted by Crippen LogP contribution is -1.93. The molecule has 0 amide bonds. The van der Waals surface area contributed by atoms with E-state index < -0.39 is 0 Å².